The van der Waals surface area contributed by atoms with E-state index in [1.54, 1.807) is 17.6 Å². The van der Waals surface area contributed by atoms with Gasteiger partial charge in [0, 0.05) is 54.8 Å². The zero-order valence-electron chi connectivity index (χ0n) is 15.2. The van der Waals surface area contributed by atoms with E-state index in [9.17, 15) is 4.79 Å². The van der Waals surface area contributed by atoms with Crippen LogP contribution in [0.3, 0.4) is 0 Å². The van der Waals surface area contributed by atoms with Crippen molar-refractivity contribution < 1.29 is 10.0 Å². The third-order valence-corrected chi connectivity index (χ3v) is 5.29. The van der Waals surface area contributed by atoms with Crippen LogP contribution in [0.4, 0.5) is 0 Å². The Morgan fingerprint density at radius 2 is 1.96 bits per heavy atom. The summed E-state index contributed by atoms with van der Waals surface area (Å²) in [5.74, 6) is -0.493. The number of hydrogen-bond donors (Lipinski definition) is 2. The molecule has 1 aliphatic rings. The second kappa shape index (κ2) is 7.39. The molecule has 0 radical (unpaired) electrons. The molecule has 1 aromatic heterocycles. The number of rotatable bonds is 5. The van der Waals surface area contributed by atoms with E-state index in [4.69, 9.17) is 5.21 Å². The minimum absolute atomic E-state index is 0.445. The molecule has 0 bridgehead atoms. The highest BCUT2D eigenvalue weighted by Crippen LogP contribution is 2.31. The average molecular weight is 361 g/mol. The van der Waals surface area contributed by atoms with Crippen molar-refractivity contribution in [2.45, 2.75) is 19.5 Å². The quantitative estimate of drug-likeness (QED) is 0.416. The average Bonchev–Trinajstić information content (AvgIpc) is 3.02. The molecule has 4 rings (SSSR count). The van der Waals surface area contributed by atoms with E-state index in [0.717, 1.165) is 38.2 Å². The molecule has 0 aliphatic carbocycles. The summed E-state index contributed by atoms with van der Waals surface area (Å²) in [6.45, 7) is 7.52. The van der Waals surface area contributed by atoms with E-state index >= 15 is 0 Å². The number of para-hydroxylation sites is 1. The summed E-state index contributed by atoms with van der Waals surface area (Å²) in [7, 11) is 0. The molecule has 1 amide bonds. The molecule has 2 heterocycles. The van der Waals surface area contributed by atoms with E-state index in [1.165, 1.54) is 22.2 Å². The second-order valence-electron chi connectivity index (χ2n) is 6.94. The smallest absolute Gasteiger partial charge is 0.274 e. The van der Waals surface area contributed by atoms with Crippen molar-refractivity contribution >= 4 is 16.8 Å². The number of carbonyl (C=O) groups excluding carboxylic acids is 1. The molecule has 0 atom stereocenters. The lowest BCUT2D eigenvalue weighted by Gasteiger charge is -2.27. The fourth-order valence-electron chi connectivity index (χ4n) is 3.98. The Hall–Kier alpha value is -2.89. The molecule has 0 fully saturated rings. The molecule has 1 aliphatic heterocycles. The molecule has 0 spiro atoms. The van der Waals surface area contributed by atoms with Gasteiger partial charge in [-0.3, -0.25) is 14.9 Å². The highest BCUT2D eigenvalue weighted by Gasteiger charge is 2.23. The first-order valence-corrected chi connectivity index (χ1v) is 9.17. The van der Waals surface area contributed by atoms with Gasteiger partial charge in [0.25, 0.3) is 5.91 Å². The first-order chi connectivity index (χ1) is 13.2. The van der Waals surface area contributed by atoms with Crippen molar-refractivity contribution in [3.8, 4) is 0 Å². The standard InChI is InChI=1S/C22H23N3O2/c1-2-12-24-13-11-21-19(15-24)18-5-3-4-6-20(18)25(21)14-16-7-9-17(10-8-16)22(26)23-27/h2-10,27H,1,11-15H2,(H,23,26). The molecule has 5 nitrogen and oxygen atoms in total. The van der Waals surface area contributed by atoms with Gasteiger partial charge in [-0.15, -0.1) is 6.58 Å². The molecule has 3 aromatic rings. The topological polar surface area (TPSA) is 57.5 Å². The summed E-state index contributed by atoms with van der Waals surface area (Å²) in [6.07, 6.45) is 2.98. The van der Waals surface area contributed by atoms with Crippen LogP contribution in [0, 0.1) is 0 Å². The highest BCUT2D eigenvalue weighted by atomic mass is 16.5. The minimum Gasteiger partial charge on any atom is -0.340 e. The van der Waals surface area contributed by atoms with Crippen LogP contribution in [0.15, 0.2) is 61.2 Å². The maximum atomic E-state index is 11.5. The molecule has 0 saturated carbocycles. The summed E-state index contributed by atoms with van der Waals surface area (Å²) in [5.41, 5.74) is 7.30. The zero-order valence-corrected chi connectivity index (χ0v) is 15.2. The molecular formula is C22H23N3O2. The molecule has 2 aromatic carbocycles. The van der Waals surface area contributed by atoms with Crippen LogP contribution in [0.2, 0.25) is 0 Å². The minimum atomic E-state index is -0.493. The van der Waals surface area contributed by atoms with Crippen LogP contribution >= 0.6 is 0 Å². The van der Waals surface area contributed by atoms with Crippen molar-refractivity contribution in [1.82, 2.24) is 14.9 Å². The van der Waals surface area contributed by atoms with Crippen LogP contribution in [-0.4, -0.2) is 33.7 Å². The van der Waals surface area contributed by atoms with Crippen LogP contribution in [-0.2, 0) is 19.5 Å². The van der Waals surface area contributed by atoms with Crippen molar-refractivity contribution in [3.05, 3.63) is 83.6 Å². The molecule has 0 unspecified atom stereocenters. The SMILES string of the molecule is C=CCN1CCc2c(c3ccccc3n2Cc2ccc(C(=O)NO)cc2)C1. The highest BCUT2D eigenvalue weighted by molar-refractivity contribution is 5.93. The Bertz CT molecular complexity index is 989. The van der Waals surface area contributed by atoms with E-state index in [2.05, 4.69) is 40.3 Å². The summed E-state index contributed by atoms with van der Waals surface area (Å²) >= 11 is 0. The van der Waals surface area contributed by atoms with Crippen molar-refractivity contribution in [1.29, 1.82) is 0 Å². The van der Waals surface area contributed by atoms with Gasteiger partial charge in [-0.1, -0.05) is 36.4 Å². The lowest BCUT2D eigenvalue weighted by molar-refractivity contribution is 0.0706. The summed E-state index contributed by atoms with van der Waals surface area (Å²) < 4.78 is 2.40. The van der Waals surface area contributed by atoms with Gasteiger partial charge in [-0.2, -0.15) is 0 Å². The maximum absolute atomic E-state index is 11.5. The van der Waals surface area contributed by atoms with E-state index in [0.29, 0.717) is 5.56 Å². The van der Waals surface area contributed by atoms with Gasteiger partial charge in [-0.05, 0) is 29.3 Å². The van der Waals surface area contributed by atoms with Gasteiger partial charge < -0.3 is 4.57 Å². The van der Waals surface area contributed by atoms with Crippen LogP contribution in [0.1, 0.15) is 27.2 Å². The molecule has 5 heteroatoms. The first kappa shape index (κ1) is 17.5. The molecule has 27 heavy (non-hydrogen) atoms. The van der Waals surface area contributed by atoms with Gasteiger partial charge in [0.1, 0.15) is 0 Å². The third kappa shape index (κ3) is 3.27. The summed E-state index contributed by atoms with van der Waals surface area (Å²) in [6, 6.07) is 15.9. The number of carbonyl (C=O) groups is 1. The first-order valence-electron chi connectivity index (χ1n) is 9.17. The monoisotopic (exact) mass is 361 g/mol. The van der Waals surface area contributed by atoms with E-state index < -0.39 is 5.91 Å². The van der Waals surface area contributed by atoms with E-state index in [-0.39, 0.29) is 0 Å². The van der Waals surface area contributed by atoms with Gasteiger partial charge in [-0.25, -0.2) is 5.48 Å². The molecule has 2 N–H and O–H groups in total. The number of hydrogen-bond acceptors (Lipinski definition) is 3. The van der Waals surface area contributed by atoms with Crippen LogP contribution in [0.25, 0.3) is 10.9 Å². The maximum Gasteiger partial charge on any atom is 0.274 e. The van der Waals surface area contributed by atoms with Crippen molar-refractivity contribution in [2.24, 2.45) is 0 Å². The summed E-state index contributed by atoms with van der Waals surface area (Å²) in [4.78, 5) is 13.9. The zero-order chi connectivity index (χ0) is 18.8. The second-order valence-corrected chi connectivity index (χ2v) is 6.94. The number of fused-ring (bicyclic) bond motifs is 3. The number of nitrogens with zero attached hydrogens (tertiary/aromatic N) is 2. The number of nitrogens with one attached hydrogen (secondary N) is 1. The van der Waals surface area contributed by atoms with E-state index in [1.807, 2.05) is 18.2 Å². The number of hydroxylamine groups is 1. The Morgan fingerprint density at radius 3 is 2.70 bits per heavy atom. The Morgan fingerprint density at radius 1 is 1.19 bits per heavy atom. The van der Waals surface area contributed by atoms with Gasteiger partial charge >= 0.3 is 0 Å². The van der Waals surface area contributed by atoms with Gasteiger partial charge in [0.2, 0.25) is 0 Å². The Kier molecular flexibility index (Phi) is 4.79. The van der Waals surface area contributed by atoms with Gasteiger partial charge in [0.05, 0.1) is 0 Å². The van der Waals surface area contributed by atoms with Crippen LogP contribution < -0.4 is 5.48 Å². The van der Waals surface area contributed by atoms with Crippen molar-refractivity contribution in [2.75, 3.05) is 13.1 Å². The lowest BCUT2D eigenvalue weighted by atomic mass is 10.0. The molecular weight excluding hydrogens is 338 g/mol. The predicted octanol–water partition coefficient (Wildman–Crippen LogP) is 3.35. The van der Waals surface area contributed by atoms with Crippen molar-refractivity contribution in [3.63, 3.8) is 0 Å². The Labute approximate surface area is 158 Å². The lowest BCUT2D eigenvalue weighted by Crippen LogP contribution is -2.31. The predicted molar refractivity (Wildman–Crippen MR) is 106 cm³/mol. The third-order valence-electron chi connectivity index (χ3n) is 5.29. The van der Waals surface area contributed by atoms with Gasteiger partial charge in [0.15, 0.2) is 0 Å². The fraction of sp³-hybridized carbons (Fsp3) is 0.227. The number of aromatic nitrogens is 1. The molecule has 0 saturated heterocycles. The Balaban J connectivity index is 1.70. The number of amides is 1. The largest absolute Gasteiger partial charge is 0.340 e. The fourth-order valence-corrected chi connectivity index (χ4v) is 3.98. The molecule has 138 valence electrons. The number of benzene rings is 2. The van der Waals surface area contributed by atoms with Crippen LogP contribution in [0.5, 0.6) is 0 Å². The summed E-state index contributed by atoms with van der Waals surface area (Å²) in [5, 5.41) is 10.1. The normalized spacial score (nSPS) is 14.1.